The number of rotatable bonds is 3. The summed E-state index contributed by atoms with van der Waals surface area (Å²) in [6, 6.07) is 8.16. The molecule has 0 aliphatic rings. The monoisotopic (exact) mass is 176 g/mol. The highest BCUT2D eigenvalue weighted by molar-refractivity contribution is 5.82. The lowest BCUT2D eigenvalue weighted by Crippen LogP contribution is -2.10. The van der Waals surface area contributed by atoms with Gasteiger partial charge in [0.1, 0.15) is 0 Å². The maximum Gasteiger partial charge on any atom is 0.0456 e. The molecule has 2 rings (SSSR count). The van der Waals surface area contributed by atoms with Crippen molar-refractivity contribution >= 4 is 10.9 Å². The van der Waals surface area contributed by atoms with Crippen molar-refractivity contribution in [3.05, 3.63) is 36.0 Å². The predicted molar refractivity (Wildman–Crippen MR) is 51.8 cm³/mol. The summed E-state index contributed by atoms with van der Waals surface area (Å²) in [5.74, 6) is 0. The molecule has 0 aliphatic heterocycles. The lowest BCUT2D eigenvalue weighted by atomic mass is 10.1. The van der Waals surface area contributed by atoms with Gasteiger partial charge in [-0.25, -0.2) is 5.48 Å². The molecule has 3 nitrogen and oxygen atoms in total. The van der Waals surface area contributed by atoms with Crippen LogP contribution in [-0.2, 0) is 6.42 Å². The van der Waals surface area contributed by atoms with E-state index in [0.29, 0.717) is 6.54 Å². The van der Waals surface area contributed by atoms with Crippen molar-refractivity contribution in [1.82, 2.24) is 10.5 Å². The van der Waals surface area contributed by atoms with Gasteiger partial charge in [0.2, 0.25) is 0 Å². The van der Waals surface area contributed by atoms with E-state index >= 15 is 0 Å². The van der Waals surface area contributed by atoms with Crippen LogP contribution < -0.4 is 5.48 Å². The molecule has 1 aromatic heterocycles. The average Bonchev–Trinajstić information content (AvgIpc) is 2.58. The Morgan fingerprint density at radius 1 is 1.31 bits per heavy atom. The van der Waals surface area contributed by atoms with Gasteiger partial charge >= 0.3 is 0 Å². The Bertz CT molecular complexity index is 394. The van der Waals surface area contributed by atoms with Crippen LogP contribution in [-0.4, -0.2) is 16.7 Å². The number of aromatic amines is 1. The molecule has 1 heterocycles. The summed E-state index contributed by atoms with van der Waals surface area (Å²) in [6.07, 6.45) is 2.82. The van der Waals surface area contributed by atoms with Gasteiger partial charge in [0.15, 0.2) is 0 Å². The lowest BCUT2D eigenvalue weighted by Gasteiger charge is -1.96. The SMILES string of the molecule is ONCCc1c[nH]c2ccccc12. The van der Waals surface area contributed by atoms with E-state index in [1.165, 1.54) is 10.9 Å². The number of hydrogen-bond acceptors (Lipinski definition) is 2. The molecule has 0 radical (unpaired) electrons. The third-order valence-corrected chi connectivity index (χ3v) is 2.18. The number of aromatic nitrogens is 1. The minimum Gasteiger partial charge on any atom is -0.361 e. The normalized spacial score (nSPS) is 10.8. The number of H-pyrrole nitrogens is 1. The Morgan fingerprint density at radius 2 is 2.15 bits per heavy atom. The van der Waals surface area contributed by atoms with Gasteiger partial charge in [0.25, 0.3) is 0 Å². The first-order valence-corrected chi connectivity index (χ1v) is 4.34. The standard InChI is InChI=1S/C10H12N2O/c13-12-6-5-8-7-11-10-4-2-1-3-9(8)10/h1-4,7,11-13H,5-6H2. The van der Waals surface area contributed by atoms with Crippen LogP contribution in [0.15, 0.2) is 30.5 Å². The summed E-state index contributed by atoms with van der Waals surface area (Å²) in [5, 5.41) is 9.71. The van der Waals surface area contributed by atoms with Gasteiger partial charge in [-0.15, -0.1) is 0 Å². The van der Waals surface area contributed by atoms with Crippen molar-refractivity contribution < 1.29 is 5.21 Å². The van der Waals surface area contributed by atoms with Crippen molar-refractivity contribution in [2.45, 2.75) is 6.42 Å². The zero-order valence-corrected chi connectivity index (χ0v) is 7.25. The first-order valence-electron chi connectivity index (χ1n) is 4.34. The van der Waals surface area contributed by atoms with Gasteiger partial charge in [-0.2, -0.15) is 0 Å². The summed E-state index contributed by atoms with van der Waals surface area (Å²) in [7, 11) is 0. The van der Waals surface area contributed by atoms with Crippen LogP contribution >= 0.6 is 0 Å². The molecule has 0 bridgehead atoms. The van der Waals surface area contributed by atoms with Gasteiger partial charge < -0.3 is 10.2 Å². The molecule has 0 amide bonds. The fourth-order valence-electron chi connectivity index (χ4n) is 1.53. The minimum atomic E-state index is 0.585. The third kappa shape index (κ3) is 1.56. The third-order valence-electron chi connectivity index (χ3n) is 2.18. The Labute approximate surface area is 76.4 Å². The summed E-state index contributed by atoms with van der Waals surface area (Å²) < 4.78 is 0. The summed E-state index contributed by atoms with van der Waals surface area (Å²) in [4.78, 5) is 3.19. The second-order valence-electron chi connectivity index (χ2n) is 3.02. The van der Waals surface area contributed by atoms with Crippen molar-refractivity contribution in [1.29, 1.82) is 0 Å². The lowest BCUT2D eigenvalue weighted by molar-refractivity contribution is 0.168. The molecule has 3 heteroatoms. The Morgan fingerprint density at radius 3 is 3.00 bits per heavy atom. The van der Waals surface area contributed by atoms with Crippen LogP contribution in [0.5, 0.6) is 0 Å². The van der Waals surface area contributed by atoms with E-state index in [0.717, 1.165) is 11.9 Å². The Balaban J connectivity index is 2.35. The highest BCUT2D eigenvalue weighted by Gasteiger charge is 2.00. The number of benzene rings is 1. The molecule has 1 aromatic carbocycles. The molecule has 0 fully saturated rings. The molecule has 68 valence electrons. The van der Waals surface area contributed by atoms with Gasteiger partial charge in [0, 0.05) is 23.6 Å². The average molecular weight is 176 g/mol. The van der Waals surface area contributed by atoms with Crippen molar-refractivity contribution in [2.24, 2.45) is 0 Å². The van der Waals surface area contributed by atoms with Crippen molar-refractivity contribution in [3.63, 3.8) is 0 Å². The summed E-state index contributed by atoms with van der Waals surface area (Å²) in [5.41, 5.74) is 4.54. The maximum absolute atomic E-state index is 8.48. The molecular weight excluding hydrogens is 164 g/mol. The molecular formula is C10H12N2O. The fourth-order valence-corrected chi connectivity index (χ4v) is 1.53. The van der Waals surface area contributed by atoms with Gasteiger partial charge in [-0.3, -0.25) is 0 Å². The van der Waals surface area contributed by atoms with Crippen LogP contribution in [0.2, 0.25) is 0 Å². The smallest absolute Gasteiger partial charge is 0.0456 e. The quantitative estimate of drug-likeness (QED) is 0.623. The molecule has 2 aromatic rings. The predicted octanol–water partition coefficient (Wildman–Crippen LogP) is 1.69. The van der Waals surface area contributed by atoms with Gasteiger partial charge in [-0.05, 0) is 18.1 Å². The Kier molecular flexibility index (Phi) is 2.29. The van der Waals surface area contributed by atoms with E-state index in [4.69, 9.17) is 5.21 Å². The zero-order chi connectivity index (χ0) is 9.10. The van der Waals surface area contributed by atoms with E-state index in [1.54, 1.807) is 0 Å². The largest absolute Gasteiger partial charge is 0.361 e. The Hall–Kier alpha value is -1.32. The topological polar surface area (TPSA) is 48.0 Å². The maximum atomic E-state index is 8.48. The number of hydrogen-bond donors (Lipinski definition) is 3. The van der Waals surface area contributed by atoms with Crippen LogP contribution in [0.3, 0.4) is 0 Å². The van der Waals surface area contributed by atoms with Crippen molar-refractivity contribution in [2.75, 3.05) is 6.54 Å². The summed E-state index contributed by atoms with van der Waals surface area (Å²) >= 11 is 0. The number of hydroxylamine groups is 1. The van der Waals surface area contributed by atoms with Crippen LogP contribution in [0.25, 0.3) is 10.9 Å². The van der Waals surface area contributed by atoms with Crippen LogP contribution in [0.4, 0.5) is 0 Å². The molecule has 13 heavy (non-hydrogen) atoms. The number of nitrogens with one attached hydrogen (secondary N) is 2. The molecule has 0 atom stereocenters. The minimum absolute atomic E-state index is 0.585. The number of para-hydroxylation sites is 1. The van der Waals surface area contributed by atoms with E-state index in [-0.39, 0.29) is 0 Å². The molecule has 3 N–H and O–H groups in total. The molecule has 0 spiro atoms. The zero-order valence-electron chi connectivity index (χ0n) is 7.25. The van der Waals surface area contributed by atoms with Crippen LogP contribution in [0, 0.1) is 0 Å². The van der Waals surface area contributed by atoms with Crippen LogP contribution in [0.1, 0.15) is 5.56 Å². The highest BCUT2D eigenvalue weighted by atomic mass is 16.5. The fraction of sp³-hybridized carbons (Fsp3) is 0.200. The van der Waals surface area contributed by atoms with E-state index < -0.39 is 0 Å². The number of fused-ring (bicyclic) bond motifs is 1. The van der Waals surface area contributed by atoms with E-state index in [2.05, 4.69) is 16.5 Å². The molecule has 0 saturated carbocycles. The summed E-state index contributed by atoms with van der Waals surface area (Å²) in [6.45, 7) is 0.585. The second kappa shape index (κ2) is 3.60. The van der Waals surface area contributed by atoms with Gasteiger partial charge in [-0.1, -0.05) is 18.2 Å². The van der Waals surface area contributed by atoms with E-state index in [1.807, 2.05) is 24.4 Å². The second-order valence-corrected chi connectivity index (χ2v) is 3.02. The molecule has 0 unspecified atom stereocenters. The first kappa shape index (κ1) is 8.29. The first-order chi connectivity index (χ1) is 6.42. The molecule has 0 aliphatic carbocycles. The highest BCUT2D eigenvalue weighted by Crippen LogP contribution is 2.17. The van der Waals surface area contributed by atoms with Crippen molar-refractivity contribution in [3.8, 4) is 0 Å². The molecule has 0 saturated heterocycles. The van der Waals surface area contributed by atoms with E-state index in [9.17, 15) is 0 Å². The van der Waals surface area contributed by atoms with Gasteiger partial charge in [0.05, 0.1) is 0 Å².